The molecule has 0 saturated heterocycles. The molecular formula is C29H37N3O3S. The van der Waals surface area contributed by atoms with Crippen LogP contribution in [0.25, 0.3) is 0 Å². The van der Waals surface area contributed by atoms with Crippen molar-refractivity contribution in [3.05, 3.63) is 83.5 Å². The molecule has 0 bridgehead atoms. The summed E-state index contributed by atoms with van der Waals surface area (Å²) >= 11 is 0. The first-order valence-corrected chi connectivity index (χ1v) is 13.9. The van der Waals surface area contributed by atoms with Crippen LogP contribution in [0.4, 0.5) is 5.69 Å². The van der Waals surface area contributed by atoms with Gasteiger partial charge in [0.1, 0.15) is 11.0 Å². The predicted octanol–water partition coefficient (Wildman–Crippen LogP) is 4.12. The second kappa shape index (κ2) is 12.5. The Morgan fingerprint density at radius 1 is 1.14 bits per heavy atom. The lowest BCUT2D eigenvalue weighted by Crippen LogP contribution is -2.45. The van der Waals surface area contributed by atoms with Gasteiger partial charge in [0, 0.05) is 31.6 Å². The first-order chi connectivity index (χ1) is 17.4. The van der Waals surface area contributed by atoms with Crippen LogP contribution in [-0.4, -0.2) is 41.0 Å². The van der Waals surface area contributed by atoms with Gasteiger partial charge >= 0.3 is 0 Å². The van der Waals surface area contributed by atoms with Crippen molar-refractivity contribution in [2.45, 2.75) is 56.1 Å². The third-order valence-electron chi connectivity index (χ3n) is 7.10. The van der Waals surface area contributed by atoms with E-state index in [0.717, 1.165) is 29.0 Å². The molecule has 0 heterocycles. The highest BCUT2D eigenvalue weighted by atomic mass is 32.2. The zero-order valence-corrected chi connectivity index (χ0v) is 21.9. The Hall–Kier alpha value is -2.74. The van der Waals surface area contributed by atoms with Gasteiger partial charge in [0.2, 0.25) is 5.91 Å². The number of anilines is 1. The number of hydrogen-bond acceptors (Lipinski definition) is 4. The summed E-state index contributed by atoms with van der Waals surface area (Å²) in [6.45, 7) is 2.61. The number of aliphatic hydroxyl groups excluding tert-OH is 1. The Balaban J connectivity index is 1.39. The zero-order chi connectivity index (χ0) is 25.5. The number of hydrogen-bond donors (Lipinski definition) is 4. The Kier molecular flexibility index (Phi) is 9.13. The van der Waals surface area contributed by atoms with E-state index in [4.69, 9.17) is 0 Å². The molecule has 192 valence electrons. The summed E-state index contributed by atoms with van der Waals surface area (Å²) < 4.78 is 15.8. The average Bonchev–Trinajstić information content (AvgIpc) is 3.22. The molecular weight excluding hydrogens is 470 g/mol. The van der Waals surface area contributed by atoms with Gasteiger partial charge in [0.05, 0.1) is 17.0 Å². The first-order valence-electron chi connectivity index (χ1n) is 12.8. The van der Waals surface area contributed by atoms with Crippen LogP contribution in [0.3, 0.4) is 0 Å². The fraction of sp³-hybridized carbons (Fsp3) is 0.414. The first kappa shape index (κ1) is 26.3. The van der Waals surface area contributed by atoms with Crippen LogP contribution in [0, 0.1) is 11.8 Å². The predicted molar refractivity (Wildman–Crippen MR) is 146 cm³/mol. The monoisotopic (exact) mass is 507 g/mol. The molecule has 0 radical (unpaired) electrons. The van der Waals surface area contributed by atoms with Gasteiger partial charge in [-0.1, -0.05) is 49.4 Å². The Morgan fingerprint density at radius 3 is 2.61 bits per heavy atom. The summed E-state index contributed by atoms with van der Waals surface area (Å²) in [5.41, 5.74) is 4.42. The van der Waals surface area contributed by atoms with Gasteiger partial charge in [0.15, 0.2) is 0 Å². The molecule has 36 heavy (non-hydrogen) atoms. The van der Waals surface area contributed by atoms with Crippen molar-refractivity contribution in [2.24, 2.45) is 11.8 Å². The molecule has 5 unspecified atom stereocenters. The van der Waals surface area contributed by atoms with Gasteiger partial charge in [-0.25, -0.2) is 8.93 Å². The average molecular weight is 508 g/mol. The minimum atomic E-state index is -1.31. The lowest BCUT2D eigenvalue weighted by molar-refractivity contribution is -0.126. The largest absolute Gasteiger partial charge is 0.390 e. The molecule has 0 aliphatic heterocycles. The molecule has 2 aliphatic carbocycles. The quantitative estimate of drug-likeness (QED) is 0.368. The molecule has 7 heteroatoms. The topological polar surface area (TPSA) is 90.5 Å². The van der Waals surface area contributed by atoms with Crippen LogP contribution < -0.4 is 15.4 Å². The second-order valence-electron chi connectivity index (χ2n) is 9.87. The van der Waals surface area contributed by atoms with Gasteiger partial charge in [-0.05, 0) is 72.6 Å². The fourth-order valence-corrected chi connectivity index (χ4v) is 6.10. The third kappa shape index (κ3) is 6.72. The van der Waals surface area contributed by atoms with E-state index in [2.05, 4.69) is 34.4 Å². The Labute approximate surface area is 216 Å². The van der Waals surface area contributed by atoms with E-state index in [-0.39, 0.29) is 23.8 Å². The number of benzene rings is 2. The van der Waals surface area contributed by atoms with Crippen molar-refractivity contribution in [3.8, 4) is 0 Å². The van der Waals surface area contributed by atoms with E-state index in [1.54, 1.807) is 0 Å². The van der Waals surface area contributed by atoms with Gasteiger partial charge in [-0.3, -0.25) is 4.79 Å². The molecule has 0 saturated carbocycles. The highest BCUT2D eigenvalue weighted by Gasteiger charge is 2.35. The van der Waals surface area contributed by atoms with Gasteiger partial charge in [-0.15, -0.1) is 0 Å². The summed E-state index contributed by atoms with van der Waals surface area (Å²) in [5.74, 6) is -0.142. The van der Waals surface area contributed by atoms with Crippen molar-refractivity contribution in [2.75, 3.05) is 18.9 Å². The van der Waals surface area contributed by atoms with Crippen molar-refractivity contribution in [3.63, 3.8) is 0 Å². The van der Waals surface area contributed by atoms with Crippen molar-refractivity contribution in [1.29, 1.82) is 0 Å². The number of carbonyl (C=O) groups is 1. The number of allylic oxidation sites excluding steroid dienone is 2. The van der Waals surface area contributed by atoms with Gasteiger partial charge in [-0.2, -0.15) is 0 Å². The SMILES string of the molecule is CNc1ccc(S(=O)NCC(C)CC(Cc2ccccc2)C(=O)NC2C3=C(C=CCC3)CC2O)cc1. The van der Waals surface area contributed by atoms with Crippen molar-refractivity contribution >= 4 is 22.6 Å². The van der Waals surface area contributed by atoms with E-state index in [0.29, 0.717) is 25.8 Å². The normalized spacial score (nSPS) is 21.5. The minimum Gasteiger partial charge on any atom is -0.390 e. The molecule has 0 aromatic heterocycles. The summed E-state index contributed by atoms with van der Waals surface area (Å²) in [6.07, 6.45) is 7.37. The smallest absolute Gasteiger partial charge is 0.224 e. The summed E-state index contributed by atoms with van der Waals surface area (Å²) in [6, 6.07) is 17.2. The van der Waals surface area contributed by atoms with Crippen molar-refractivity contribution in [1.82, 2.24) is 10.0 Å². The molecule has 5 atom stereocenters. The van der Waals surface area contributed by atoms with Crippen LogP contribution in [0.1, 0.15) is 38.2 Å². The number of carbonyl (C=O) groups excluding carboxylic acids is 1. The zero-order valence-electron chi connectivity index (χ0n) is 21.1. The number of nitrogens with one attached hydrogen (secondary N) is 3. The summed E-state index contributed by atoms with van der Waals surface area (Å²) in [7, 11) is 0.536. The van der Waals surface area contributed by atoms with Crippen molar-refractivity contribution < 1.29 is 14.1 Å². The molecule has 2 aliphatic rings. The van der Waals surface area contributed by atoms with Crippen LogP contribution in [0.5, 0.6) is 0 Å². The second-order valence-corrected chi connectivity index (χ2v) is 11.2. The molecule has 0 fully saturated rings. The molecule has 0 spiro atoms. The standard InChI is InChI=1S/C29H37N3O3S/c1-20(19-31-36(35)25-14-12-24(30-2)13-15-25)16-23(17-21-8-4-3-5-9-21)29(34)32-28-26-11-7-6-10-22(26)18-27(28)33/h3-6,8-10,12-15,20,23,27-28,30-31,33H,7,11,16-19H2,1-2H3,(H,32,34). The molecule has 6 nitrogen and oxygen atoms in total. The van der Waals surface area contributed by atoms with Crippen LogP contribution in [0.15, 0.2) is 82.8 Å². The van der Waals surface area contributed by atoms with E-state index >= 15 is 0 Å². The van der Waals surface area contributed by atoms with Crippen LogP contribution >= 0.6 is 0 Å². The molecule has 4 N–H and O–H groups in total. The maximum Gasteiger partial charge on any atom is 0.224 e. The van der Waals surface area contributed by atoms with Gasteiger partial charge < -0.3 is 15.7 Å². The van der Waals surface area contributed by atoms with E-state index in [1.807, 2.05) is 61.6 Å². The van der Waals surface area contributed by atoms with Gasteiger partial charge in [0.25, 0.3) is 0 Å². The maximum atomic E-state index is 13.5. The van der Waals surface area contributed by atoms with E-state index < -0.39 is 17.1 Å². The molecule has 1 amide bonds. The number of aliphatic hydroxyl groups is 1. The lowest BCUT2D eigenvalue weighted by atomic mass is 9.88. The highest BCUT2D eigenvalue weighted by Crippen LogP contribution is 2.34. The Bertz CT molecular complexity index is 1110. The minimum absolute atomic E-state index is 0.0261. The highest BCUT2D eigenvalue weighted by molar-refractivity contribution is 7.83. The van der Waals surface area contributed by atoms with E-state index in [1.165, 1.54) is 11.1 Å². The van der Waals surface area contributed by atoms with Crippen LogP contribution in [-0.2, 0) is 22.2 Å². The van der Waals surface area contributed by atoms with Crippen LogP contribution in [0.2, 0.25) is 0 Å². The third-order valence-corrected chi connectivity index (χ3v) is 8.23. The fourth-order valence-electron chi connectivity index (χ4n) is 5.11. The van der Waals surface area contributed by atoms with E-state index in [9.17, 15) is 14.1 Å². The maximum absolute atomic E-state index is 13.5. The Morgan fingerprint density at radius 2 is 1.89 bits per heavy atom. The molecule has 2 aromatic carbocycles. The summed E-state index contributed by atoms with van der Waals surface area (Å²) in [4.78, 5) is 14.3. The summed E-state index contributed by atoms with van der Waals surface area (Å²) in [5, 5.41) is 16.9. The molecule has 2 aromatic rings. The number of rotatable bonds is 11. The number of amides is 1. The lowest BCUT2D eigenvalue weighted by Gasteiger charge is -2.26. The molecule has 4 rings (SSSR count).